The van der Waals surface area contributed by atoms with Crippen molar-refractivity contribution in [3.05, 3.63) is 116 Å². The summed E-state index contributed by atoms with van der Waals surface area (Å²) in [6.07, 6.45) is 3.50. The minimum atomic E-state index is -0.173. The third kappa shape index (κ3) is 4.38. The maximum atomic E-state index is 13.5. The normalized spacial score (nSPS) is 12.3. The van der Waals surface area contributed by atoms with Gasteiger partial charge in [0.1, 0.15) is 0 Å². The van der Waals surface area contributed by atoms with Gasteiger partial charge in [-0.1, -0.05) is 48.0 Å². The third-order valence-corrected chi connectivity index (χ3v) is 6.93. The van der Waals surface area contributed by atoms with E-state index in [9.17, 15) is 4.79 Å². The van der Waals surface area contributed by atoms with Gasteiger partial charge in [-0.05, 0) is 45.0 Å². The van der Waals surface area contributed by atoms with E-state index in [-0.39, 0.29) is 5.56 Å². The molecule has 8 heteroatoms. The van der Waals surface area contributed by atoms with E-state index in [4.69, 9.17) is 10.1 Å². The summed E-state index contributed by atoms with van der Waals surface area (Å²) in [7, 11) is 1.87. The van der Waals surface area contributed by atoms with Gasteiger partial charge in [0.05, 0.1) is 22.8 Å². The Morgan fingerprint density at radius 2 is 1.64 bits per heavy atom. The molecule has 5 aromatic rings. The molecule has 0 amide bonds. The smallest absolute Gasteiger partial charge is 0.283 e. The van der Waals surface area contributed by atoms with Gasteiger partial charge in [0.25, 0.3) is 5.56 Å². The van der Waals surface area contributed by atoms with Crippen LogP contribution in [-0.2, 0) is 7.05 Å². The van der Waals surface area contributed by atoms with Crippen LogP contribution in [0.2, 0.25) is 0 Å². The predicted octanol–water partition coefficient (Wildman–Crippen LogP) is 5.22. The molecule has 0 saturated carbocycles. The Kier molecular flexibility index (Phi) is 6.35. The third-order valence-electron chi connectivity index (χ3n) is 6.11. The van der Waals surface area contributed by atoms with E-state index in [2.05, 4.69) is 36.2 Å². The molecule has 7 nitrogen and oxygen atoms in total. The van der Waals surface area contributed by atoms with Crippen LogP contribution in [0.4, 0.5) is 5.69 Å². The van der Waals surface area contributed by atoms with E-state index >= 15 is 0 Å². The van der Waals surface area contributed by atoms with Crippen molar-refractivity contribution in [1.29, 1.82) is 0 Å². The lowest BCUT2D eigenvalue weighted by Crippen LogP contribution is -2.20. The fraction of sp³-hybridized carbons (Fsp3) is 0.143. The molecule has 0 bridgehead atoms. The van der Waals surface area contributed by atoms with Gasteiger partial charge < -0.3 is 0 Å². The fourth-order valence-electron chi connectivity index (χ4n) is 3.98. The number of pyridine rings is 1. The number of rotatable bonds is 5. The van der Waals surface area contributed by atoms with Crippen LogP contribution in [0.3, 0.4) is 0 Å². The molecule has 180 valence electrons. The first-order valence-electron chi connectivity index (χ1n) is 11.6. The second-order valence-corrected chi connectivity index (χ2v) is 9.36. The van der Waals surface area contributed by atoms with Gasteiger partial charge >= 0.3 is 0 Å². The highest BCUT2D eigenvalue weighted by atomic mass is 32.1. The average molecular weight is 495 g/mol. The fourth-order valence-corrected chi connectivity index (χ4v) is 4.81. The summed E-state index contributed by atoms with van der Waals surface area (Å²) < 4.78 is 5.29. The number of thiazole rings is 1. The van der Waals surface area contributed by atoms with Crippen molar-refractivity contribution in [1.82, 2.24) is 19.0 Å². The van der Waals surface area contributed by atoms with Crippen LogP contribution in [0, 0.1) is 13.8 Å². The Labute approximate surface area is 213 Å². The summed E-state index contributed by atoms with van der Waals surface area (Å²) in [6, 6.07) is 21.7. The van der Waals surface area contributed by atoms with E-state index < -0.39 is 0 Å². The molecule has 0 aliphatic heterocycles. The summed E-state index contributed by atoms with van der Waals surface area (Å²) >= 11 is 1.46. The molecule has 5 rings (SSSR count). The Bertz CT molecular complexity index is 1670. The number of para-hydroxylation sites is 1. The highest BCUT2D eigenvalue weighted by Gasteiger charge is 2.17. The summed E-state index contributed by atoms with van der Waals surface area (Å²) in [4.78, 5) is 23.1. The van der Waals surface area contributed by atoms with Crippen LogP contribution in [0.15, 0.2) is 99.4 Å². The predicted molar refractivity (Wildman–Crippen MR) is 145 cm³/mol. The molecule has 0 spiro atoms. The molecular weight excluding hydrogens is 468 g/mol. The van der Waals surface area contributed by atoms with Crippen molar-refractivity contribution >= 4 is 22.7 Å². The first-order valence-corrected chi connectivity index (χ1v) is 12.4. The Balaban J connectivity index is 1.73. The van der Waals surface area contributed by atoms with Crippen LogP contribution < -0.4 is 10.4 Å². The van der Waals surface area contributed by atoms with E-state index in [0.29, 0.717) is 10.5 Å². The van der Waals surface area contributed by atoms with Gasteiger partial charge in [0.2, 0.25) is 4.80 Å². The zero-order valence-corrected chi connectivity index (χ0v) is 21.4. The summed E-state index contributed by atoms with van der Waals surface area (Å²) in [5.41, 5.74) is 6.68. The maximum absolute atomic E-state index is 13.5. The molecule has 0 N–H and O–H groups in total. The summed E-state index contributed by atoms with van der Waals surface area (Å²) in [6.45, 7) is 5.93. The molecule has 2 aromatic carbocycles. The second kappa shape index (κ2) is 9.75. The molecule has 0 aliphatic rings. The van der Waals surface area contributed by atoms with Crippen molar-refractivity contribution in [3.8, 4) is 16.9 Å². The summed E-state index contributed by atoms with van der Waals surface area (Å²) in [5.74, 6) is 0. The average Bonchev–Trinajstić information content (AvgIpc) is 3.39. The van der Waals surface area contributed by atoms with Crippen LogP contribution >= 0.6 is 11.3 Å². The lowest BCUT2D eigenvalue weighted by atomic mass is 10.1. The standard InChI is InChI=1S/C28H26N6OS/c1-19-10-12-23(13-11-19)25-18-36-28(33(25)31-20(2)22-14-16-29-17-15-22)30-26-21(3)32(4)34(27(26)35)24-8-6-5-7-9-24/h5-18H,1-4H3. The number of hydrogen-bond donors (Lipinski definition) is 0. The topological polar surface area (TPSA) is 69.5 Å². The maximum Gasteiger partial charge on any atom is 0.297 e. The van der Waals surface area contributed by atoms with Crippen molar-refractivity contribution in [3.63, 3.8) is 0 Å². The zero-order valence-electron chi connectivity index (χ0n) is 20.6. The molecule has 36 heavy (non-hydrogen) atoms. The molecular formula is C28H26N6OS. The quantitative estimate of drug-likeness (QED) is 0.314. The first kappa shape index (κ1) is 23.4. The second-order valence-electron chi connectivity index (χ2n) is 8.52. The molecule has 0 fully saturated rings. The Hall–Kier alpha value is -4.30. The van der Waals surface area contributed by atoms with Crippen molar-refractivity contribution in [2.24, 2.45) is 17.1 Å². The van der Waals surface area contributed by atoms with Crippen molar-refractivity contribution < 1.29 is 0 Å². The first-order chi connectivity index (χ1) is 17.4. The Morgan fingerprint density at radius 1 is 0.944 bits per heavy atom. The van der Waals surface area contributed by atoms with Crippen LogP contribution in [-0.4, -0.2) is 24.7 Å². The number of nitrogens with zero attached hydrogens (tertiary/aromatic N) is 6. The van der Waals surface area contributed by atoms with Gasteiger partial charge in [0, 0.05) is 35.9 Å². The van der Waals surface area contributed by atoms with Gasteiger partial charge in [-0.25, -0.2) is 14.4 Å². The van der Waals surface area contributed by atoms with Gasteiger partial charge in [-0.15, -0.1) is 11.3 Å². The highest BCUT2D eigenvalue weighted by molar-refractivity contribution is 7.07. The molecule has 3 aromatic heterocycles. The van der Waals surface area contributed by atoms with Crippen LogP contribution in [0.5, 0.6) is 0 Å². The van der Waals surface area contributed by atoms with E-state index in [0.717, 1.165) is 33.9 Å². The summed E-state index contributed by atoms with van der Waals surface area (Å²) in [5, 5.41) is 6.97. The SMILES string of the molecule is CC(=Nn1c(-c2ccc(C)cc2)csc1=Nc1c(C)n(C)n(-c2ccccc2)c1=O)c1ccncc1. The number of aryl methyl sites for hydroxylation is 1. The number of benzene rings is 2. The van der Waals surface area contributed by atoms with E-state index in [1.807, 2.05) is 78.1 Å². The zero-order chi connectivity index (χ0) is 25.2. The van der Waals surface area contributed by atoms with Gasteiger partial charge in [-0.3, -0.25) is 14.5 Å². The number of aromatic nitrogens is 4. The van der Waals surface area contributed by atoms with Crippen molar-refractivity contribution in [2.75, 3.05) is 0 Å². The molecule has 0 radical (unpaired) electrons. The molecule has 0 saturated heterocycles. The highest BCUT2D eigenvalue weighted by Crippen LogP contribution is 2.22. The largest absolute Gasteiger partial charge is 0.297 e. The van der Waals surface area contributed by atoms with Gasteiger partial charge in [-0.2, -0.15) is 5.10 Å². The van der Waals surface area contributed by atoms with Crippen LogP contribution in [0.25, 0.3) is 16.9 Å². The van der Waals surface area contributed by atoms with Crippen molar-refractivity contribution in [2.45, 2.75) is 20.8 Å². The Morgan fingerprint density at radius 3 is 2.33 bits per heavy atom. The number of hydrogen-bond acceptors (Lipinski definition) is 5. The van der Waals surface area contributed by atoms with Gasteiger partial charge in [0.15, 0.2) is 5.69 Å². The lowest BCUT2D eigenvalue weighted by molar-refractivity contribution is 0.630. The molecule has 0 unspecified atom stereocenters. The minimum Gasteiger partial charge on any atom is -0.283 e. The minimum absolute atomic E-state index is 0.173. The van der Waals surface area contributed by atoms with E-state index in [1.165, 1.54) is 16.9 Å². The molecule has 0 atom stereocenters. The molecule has 3 heterocycles. The van der Waals surface area contributed by atoms with Crippen LogP contribution in [0.1, 0.15) is 23.7 Å². The van der Waals surface area contributed by atoms with E-state index in [1.54, 1.807) is 17.1 Å². The lowest BCUT2D eigenvalue weighted by Gasteiger charge is -2.07. The molecule has 0 aliphatic carbocycles. The monoisotopic (exact) mass is 494 g/mol.